The lowest BCUT2D eigenvalue weighted by Crippen LogP contribution is -2.60. The first kappa shape index (κ1) is 44.8. The Labute approximate surface area is 348 Å². The fraction of sp³-hybridized carbons (Fsp3) is 0.575. The van der Waals surface area contributed by atoms with Crippen LogP contribution in [0.2, 0.25) is 0 Å². The Morgan fingerprint density at radius 2 is 1.75 bits per heavy atom. The molecule has 2 saturated carbocycles. The first-order valence-electron chi connectivity index (χ1n) is 19.8. The fourth-order valence-corrected chi connectivity index (χ4v) is 8.98. The molecule has 60 heavy (non-hydrogen) atoms. The number of rotatable bonds is 12. The van der Waals surface area contributed by atoms with Crippen molar-refractivity contribution in [3.8, 4) is 6.07 Å². The number of hydrogen-bond acceptors (Lipinski definition) is 11. The number of amides is 2. The maximum atomic E-state index is 14.3. The van der Waals surface area contributed by atoms with E-state index >= 15 is 0 Å². The highest BCUT2D eigenvalue weighted by Gasteiger charge is 2.53. The Morgan fingerprint density at radius 3 is 2.42 bits per heavy atom. The third kappa shape index (κ3) is 10.2. The number of nitrogens with one attached hydrogen (secondary N) is 2. The first-order valence-corrected chi connectivity index (χ1v) is 20.2. The quantitative estimate of drug-likeness (QED) is 0.117. The second kappa shape index (κ2) is 18.1. The zero-order valence-corrected chi connectivity index (χ0v) is 33.9. The maximum absolute atomic E-state index is 14.3. The largest absolute Gasteiger partial charge is 0.419 e. The van der Waals surface area contributed by atoms with Gasteiger partial charge >= 0.3 is 12.4 Å². The van der Waals surface area contributed by atoms with Crippen molar-refractivity contribution in [3.05, 3.63) is 47.8 Å². The predicted octanol–water partition coefficient (Wildman–Crippen LogP) is 5.69. The second-order valence-electron chi connectivity index (χ2n) is 16.1. The van der Waals surface area contributed by atoms with Gasteiger partial charge in [-0.05, 0) is 88.9 Å². The molecule has 0 bridgehead atoms. The van der Waals surface area contributed by atoms with E-state index in [1.54, 1.807) is 47.9 Å². The number of halogens is 6. The summed E-state index contributed by atoms with van der Waals surface area (Å²) in [6, 6.07) is 6.07. The SMILES string of the molecule is CC1(C)C(=O)N(c2cnc(C#N)c(C(F)(F)F)c2)C(=S)N1C1CCC(OCCCN2CCN(CC(=O)Nc3cccc(NC4CCC(=O)CC4=O)c3)[C@@H](C(F)(F)F)C2)CC1. The number of nitrogens with zero attached hydrogens (tertiary/aromatic N) is 6. The zero-order valence-electron chi connectivity index (χ0n) is 33.1. The summed E-state index contributed by atoms with van der Waals surface area (Å²) in [6.45, 7) is 3.53. The van der Waals surface area contributed by atoms with Crippen LogP contribution in [0.1, 0.15) is 76.5 Å². The summed E-state index contributed by atoms with van der Waals surface area (Å²) in [5.41, 5.74) is -2.53. The van der Waals surface area contributed by atoms with E-state index in [1.807, 2.05) is 0 Å². The number of anilines is 3. The molecule has 2 N–H and O–H groups in total. The van der Waals surface area contributed by atoms with Crippen LogP contribution in [0.3, 0.4) is 0 Å². The number of thiocarbonyl (C=S) groups is 1. The van der Waals surface area contributed by atoms with Gasteiger partial charge in [0.25, 0.3) is 5.91 Å². The molecule has 2 amide bonds. The summed E-state index contributed by atoms with van der Waals surface area (Å²) in [6.07, 6.45) is -5.21. The number of carbonyl (C=O) groups is 4. The van der Waals surface area contributed by atoms with E-state index in [9.17, 15) is 45.5 Å². The number of alkyl halides is 6. The molecule has 1 aromatic heterocycles. The van der Waals surface area contributed by atoms with E-state index in [2.05, 4.69) is 15.6 Å². The normalized spacial score (nSPS) is 24.4. The third-order valence-electron chi connectivity index (χ3n) is 11.5. The van der Waals surface area contributed by atoms with Crippen molar-refractivity contribution in [1.29, 1.82) is 5.26 Å². The number of ether oxygens (including phenoxy) is 1. The summed E-state index contributed by atoms with van der Waals surface area (Å²) in [4.78, 5) is 59.5. The minimum Gasteiger partial charge on any atom is -0.378 e. The van der Waals surface area contributed by atoms with Crippen LogP contribution in [0.15, 0.2) is 36.5 Å². The highest BCUT2D eigenvalue weighted by molar-refractivity contribution is 7.80. The Balaban J connectivity index is 0.946. The number of ketones is 2. The summed E-state index contributed by atoms with van der Waals surface area (Å²) in [5.74, 6) is -1.45. The minimum absolute atomic E-state index is 0.0202. The van der Waals surface area contributed by atoms with E-state index in [4.69, 9.17) is 22.2 Å². The number of aromatic nitrogens is 1. The van der Waals surface area contributed by atoms with Crippen LogP contribution in [-0.2, 0) is 30.1 Å². The second-order valence-corrected chi connectivity index (χ2v) is 16.4. The van der Waals surface area contributed by atoms with E-state index in [0.717, 1.165) is 16.0 Å². The van der Waals surface area contributed by atoms with E-state index in [0.29, 0.717) is 75.7 Å². The van der Waals surface area contributed by atoms with Crippen molar-refractivity contribution in [2.75, 3.05) is 54.9 Å². The van der Waals surface area contributed by atoms with Crippen LogP contribution in [0.5, 0.6) is 0 Å². The standard InChI is InChI=1S/C40H46F6N8O5S/c1-38(2)36(58)53(27-18-30(39(41,42)43)32(20-47)48-21-27)37(60)54(38)26-7-10-29(11-8-26)59-16-4-13-51-14-15-52(34(22-51)40(44,45)46)23-35(57)50-25-6-3-5-24(17-25)49-31-12-9-28(55)19-33(31)56/h3,5-6,17-18,21,26,29,31,34,49H,4,7-16,19,22-23H2,1-2H3,(H,50,57)/t26?,29?,31?,34-/m1/s1. The topological polar surface area (TPSA) is 151 Å². The molecule has 2 atom stereocenters. The molecule has 0 spiro atoms. The van der Waals surface area contributed by atoms with Crippen LogP contribution < -0.4 is 15.5 Å². The molecule has 2 aliphatic carbocycles. The molecule has 0 radical (unpaired) electrons. The van der Waals surface area contributed by atoms with Crippen LogP contribution in [-0.4, -0.2) is 123 Å². The highest BCUT2D eigenvalue weighted by Crippen LogP contribution is 2.40. The Morgan fingerprint density at radius 1 is 1.03 bits per heavy atom. The van der Waals surface area contributed by atoms with E-state index in [1.165, 1.54) is 6.07 Å². The average molecular weight is 865 g/mol. The van der Waals surface area contributed by atoms with Gasteiger partial charge in [-0.2, -0.15) is 31.6 Å². The Kier molecular flexibility index (Phi) is 13.5. The number of Topliss-reactive ketones (excluding diaryl/α,β-unsaturated/α-hetero) is 2. The molecule has 4 fully saturated rings. The first-order chi connectivity index (χ1) is 28.3. The van der Waals surface area contributed by atoms with Gasteiger partial charge < -0.3 is 25.2 Å². The number of piperazine rings is 1. The van der Waals surface area contributed by atoms with Gasteiger partial charge in [0.1, 0.15) is 23.4 Å². The number of hydrogen-bond donors (Lipinski definition) is 2. The zero-order chi connectivity index (χ0) is 43.6. The van der Waals surface area contributed by atoms with Crippen LogP contribution >= 0.6 is 12.2 Å². The van der Waals surface area contributed by atoms with Gasteiger partial charge in [0.15, 0.2) is 16.6 Å². The van der Waals surface area contributed by atoms with Gasteiger partial charge in [-0.25, -0.2) is 4.98 Å². The number of pyridine rings is 1. The van der Waals surface area contributed by atoms with E-state index in [-0.39, 0.29) is 60.4 Å². The van der Waals surface area contributed by atoms with Crippen molar-refractivity contribution >= 4 is 57.8 Å². The molecule has 6 rings (SSSR count). The van der Waals surface area contributed by atoms with Gasteiger partial charge in [-0.3, -0.25) is 29.0 Å². The number of benzene rings is 1. The van der Waals surface area contributed by atoms with Crippen molar-refractivity contribution in [1.82, 2.24) is 19.7 Å². The molecule has 2 aromatic rings. The lowest BCUT2D eigenvalue weighted by Gasteiger charge is -2.42. The molecule has 3 heterocycles. The van der Waals surface area contributed by atoms with Crippen LogP contribution in [0.4, 0.5) is 43.4 Å². The Hall–Kier alpha value is -4.71. The molecule has 4 aliphatic rings. The molecule has 324 valence electrons. The van der Waals surface area contributed by atoms with Crippen molar-refractivity contribution in [3.63, 3.8) is 0 Å². The van der Waals surface area contributed by atoms with E-state index < -0.39 is 59.6 Å². The van der Waals surface area contributed by atoms with Gasteiger partial charge in [0.05, 0.1) is 42.6 Å². The molecule has 1 aromatic carbocycles. The average Bonchev–Trinajstić information content (AvgIpc) is 3.36. The van der Waals surface area contributed by atoms with Gasteiger partial charge in [-0.1, -0.05) is 6.07 Å². The highest BCUT2D eigenvalue weighted by atomic mass is 32.1. The van der Waals surface area contributed by atoms with Crippen molar-refractivity contribution in [2.45, 2.75) is 107 Å². The van der Waals surface area contributed by atoms with Gasteiger partial charge in [0, 0.05) is 56.6 Å². The summed E-state index contributed by atoms with van der Waals surface area (Å²) < 4.78 is 89.9. The monoisotopic (exact) mass is 864 g/mol. The summed E-state index contributed by atoms with van der Waals surface area (Å²) in [7, 11) is 0. The summed E-state index contributed by atoms with van der Waals surface area (Å²) in [5, 5.41) is 14.9. The smallest absolute Gasteiger partial charge is 0.378 e. The maximum Gasteiger partial charge on any atom is 0.419 e. The fourth-order valence-electron chi connectivity index (χ4n) is 8.42. The molecule has 20 heteroatoms. The molecular weight excluding hydrogens is 819 g/mol. The molecule has 2 aliphatic heterocycles. The minimum atomic E-state index is -4.87. The Bertz CT molecular complexity index is 2020. The van der Waals surface area contributed by atoms with Crippen molar-refractivity contribution < 1.29 is 50.3 Å². The number of nitriles is 1. The van der Waals surface area contributed by atoms with Crippen molar-refractivity contribution in [2.24, 2.45) is 0 Å². The summed E-state index contributed by atoms with van der Waals surface area (Å²) >= 11 is 5.65. The third-order valence-corrected chi connectivity index (χ3v) is 11.9. The molecule has 1 unspecified atom stereocenters. The lowest BCUT2D eigenvalue weighted by molar-refractivity contribution is -0.197. The van der Waals surface area contributed by atoms with Gasteiger partial charge in [-0.15, -0.1) is 0 Å². The molecular formula is C40H46F6N8O5S. The molecule has 13 nitrogen and oxygen atoms in total. The predicted molar refractivity (Wildman–Crippen MR) is 211 cm³/mol. The van der Waals surface area contributed by atoms with Gasteiger partial charge in [0.2, 0.25) is 5.91 Å². The van der Waals surface area contributed by atoms with Crippen LogP contribution in [0, 0.1) is 11.3 Å². The van der Waals surface area contributed by atoms with Crippen LogP contribution in [0.25, 0.3) is 0 Å². The molecule has 2 saturated heterocycles. The lowest BCUT2D eigenvalue weighted by atomic mass is 9.89. The number of carbonyl (C=O) groups excluding carboxylic acids is 4.